The number of hydrogen-bond donors (Lipinski definition) is 1. The van der Waals surface area contributed by atoms with Gasteiger partial charge in [-0.15, -0.1) is 0 Å². The van der Waals surface area contributed by atoms with Crippen LogP contribution in [0.25, 0.3) is 22.2 Å². The van der Waals surface area contributed by atoms with Crippen LogP contribution in [0.3, 0.4) is 0 Å². The number of benzene rings is 1. The topological polar surface area (TPSA) is 72.7 Å². The minimum atomic E-state index is -0.266. The largest absolute Gasteiger partial charge is 0.331 e. The number of nitrogens with zero attached hydrogens (tertiary/aromatic N) is 4. The third kappa shape index (κ3) is 2.61. The van der Waals surface area contributed by atoms with Gasteiger partial charge in [-0.25, -0.2) is 14.8 Å². The predicted molar refractivity (Wildman–Crippen MR) is 91.6 cm³/mol. The third-order valence-corrected chi connectivity index (χ3v) is 3.70. The van der Waals surface area contributed by atoms with E-state index >= 15 is 0 Å². The maximum Gasteiger partial charge on any atom is 0.331 e. The number of pyridine rings is 1. The van der Waals surface area contributed by atoms with Crippen molar-refractivity contribution in [3.63, 3.8) is 0 Å². The summed E-state index contributed by atoms with van der Waals surface area (Å²) in [6.07, 6.45) is 8.32. The van der Waals surface area contributed by atoms with E-state index in [2.05, 4.69) is 20.3 Å². The molecule has 0 aliphatic carbocycles. The lowest BCUT2D eigenvalue weighted by atomic mass is 10.1. The van der Waals surface area contributed by atoms with Gasteiger partial charge in [0.1, 0.15) is 6.33 Å². The normalized spacial score (nSPS) is 10.7. The zero-order valence-corrected chi connectivity index (χ0v) is 12.6. The number of carbonyl (C=O) groups excluding carboxylic acids is 1. The number of amides is 1. The molecule has 4 aromatic rings. The first-order chi connectivity index (χ1) is 11.8. The van der Waals surface area contributed by atoms with Crippen LogP contribution in [0.1, 0.15) is 0 Å². The Hall–Kier alpha value is -3.54. The number of fused-ring (bicyclic) bond motifs is 1. The fraction of sp³-hybridized carbons (Fsp3) is 0. The first-order valence-electron chi connectivity index (χ1n) is 7.40. The number of aromatic nitrogens is 4. The van der Waals surface area contributed by atoms with Crippen LogP contribution < -0.4 is 5.32 Å². The molecule has 0 saturated carbocycles. The van der Waals surface area contributed by atoms with E-state index in [1.54, 1.807) is 30.9 Å². The van der Waals surface area contributed by atoms with Crippen LogP contribution in [0.15, 0.2) is 73.6 Å². The van der Waals surface area contributed by atoms with E-state index in [9.17, 15) is 4.79 Å². The van der Waals surface area contributed by atoms with Crippen molar-refractivity contribution >= 4 is 22.8 Å². The zero-order chi connectivity index (χ0) is 16.4. The van der Waals surface area contributed by atoms with Crippen molar-refractivity contribution in [2.24, 2.45) is 0 Å². The van der Waals surface area contributed by atoms with Crippen LogP contribution in [-0.4, -0.2) is 25.6 Å². The predicted octanol–water partition coefficient (Wildman–Crippen LogP) is 3.57. The molecule has 6 nitrogen and oxygen atoms in total. The van der Waals surface area contributed by atoms with E-state index in [0.717, 1.165) is 16.5 Å². The van der Waals surface area contributed by atoms with Crippen molar-refractivity contribution in [3.8, 4) is 11.1 Å². The van der Waals surface area contributed by atoms with E-state index in [1.165, 1.54) is 10.9 Å². The second kappa shape index (κ2) is 5.92. The summed E-state index contributed by atoms with van der Waals surface area (Å²) in [6, 6.07) is 13.0. The molecule has 1 N–H and O–H groups in total. The van der Waals surface area contributed by atoms with Gasteiger partial charge in [0.15, 0.2) is 5.65 Å². The van der Waals surface area contributed by atoms with Gasteiger partial charge in [0.05, 0.1) is 0 Å². The highest BCUT2D eigenvalue weighted by Crippen LogP contribution is 2.20. The molecule has 116 valence electrons. The molecule has 4 rings (SSSR count). The van der Waals surface area contributed by atoms with Gasteiger partial charge >= 0.3 is 6.03 Å². The highest BCUT2D eigenvalue weighted by atomic mass is 16.2. The van der Waals surface area contributed by atoms with Crippen LogP contribution in [-0.2, 0) is 0 Å². The molecule has 1 amide bonds. The molecule has 6 heteroatoms. The summed E-state index contributed by atoms with van der Waals surface area (Å²) < 4.78 is 1.46. The number of nitrogens with one attached hydrogen (secondary N) is 1. The van der Waals surface area contributed by atoms with E-state index in [1.807, 2.05) is 36.4 Å². The van der Waals surface area contributed by atoms with Crippen molar-refractivity contribution in [1.82, 2.24) is 19.5 Å². The van der Waals surface area contributed by atoms with E-state index < -0.39 is 0 Å². The summed E-state index contributed by atoms with van der Waals surface area (Å²) >= 11 is 0. The van der Waals surface area contributed by atoms with Gasteiger partial charge in [0.2, 0.25) is 0 Å². The molecular formula is C18H13N5O. The van der Waals surface area contributed by atoms with Crippen molar-refractivity contribution in [3.05, 3.63) is 73.6 Å². The number of rotatable bonds is 2. The molecule has 0 aliphatic heterocycles. The van der Waals surface area contributed by atoms with Gasteiger partial charge in [0.25, 0.3) is 0 Å². The lowest BCUT2D eigenvalue weighted by molar-refractivity contribution is 0.254. The Labute approximate surface area is 137 Å². The molecule has 0 aliphatic rings. The lowest BCUT2D eigenvalue weighted by Gasteiger charge is -2.08. The molecule has 3 heterocycles. The lowest BCUT2D eigenvalue weighted by Crippen LogP contribution is -2.18. The fourth-order valence-electron chi connectivity index (χ4n) is 2.51. The Kier molecular flexibility index (Phi) is 3.47. The highest BCUT2D eigenvalue weighted by Gasteiger charge is 2.10. The van der Waals surface area contributed by atoms with Gasteiger partial charge < -0.3 is 5.32 Å². The summed E-state index contributed by atoms with van der Waals surface area (Å²) in [4.78, 5) is 24.6. The molecule has 0 fully saturated rings. The maximum absolute atomic E-state index is 12.4. The van der Waals surface area contributed by atoms with Crippen molar-refractivity contribution in [1.29, 1.82) is 0 Å². The molecule has 0 radical (unpaired) electrons. The molecule has 24 heavy (non-hydrogen) atoms. The summed E-state index contributed by atoms with van der Waals surface area (Å²) in [5, 5.41) is 3.68. The molecule has 0 atom stereocenters. The monoisotopic (exact) mass is 315 g/mol. The highest BCUT2D eigenvalue weighted by molar-refractivity contribution is 5.97. The molecule has 0 spiro atoms. The molecule has 0 saturated heterocycles. The number of anilines is 1. The third-order valence-electron chi connectivity index (χ3n) is 3.70. The molecule has 1 aromatic carbocycles. The Bertz CT molecular complexity index is 993. The van der Waals surface area contributed by atoms with Crippen molar-refractivity contribution < 1.29 is 4.79 Å². The van der Waals surface area contributed by atoms with Gasteiger partial charge in [-0.3, -0.25) is 9.55 Å². The average Bonchev–Trinajstić information content (AvgIpc) is 3.07. The molecule has 0 bridgehead atoms. The molecule has 3 aromatic heterocycles. The molecular weight excluding hydrogens is 302 g/mol. The Morgan fingerprint density at radius 1 is 0.958 bits per heavy atom. The first-order valence-corrected chi connectivity index (χ1v) is 7.40. The van der Waals surface area contributed by atoms with Crippen LogP contribution >= 0.6 is 0 Å². The van der Waals surface area contributed by atoms with E-state index in [-0.39, 0.29) is 6.03 Å². The van der Waals surface area contributed by atoms with E-state index in [0.29, 0.717) is 11.3 Å². The quantitative estimate of drug-likeness (QED) is 0.613. The smallest absolute Gasteiger partial charge is 0.307 e. The minimum absolute atomic E-state index is 0.266. The summed E-state index contributed by atoms with van der Waals surface area (Å²) in [6.45, 7) is 0. The Morgan fingerprint density at radius 2 is 1.83 bits per heavy atom. The SMILES string of the molecule is O=C(Nc1ccc(-c2cccnc2)cc1)n1ccc2cncnc21. The summed E-state index contributed by atoms with van der Waals surface area (Å²) in [5.74, 6) is 0. The van der Waals surface area contributed by atoms with E-state index in [4.69, 9.17) is 0 Å². The summed E-state index contributed by atoms with van der Waals surface area (Å²) in [5.41, 5.74) is 3.36. The van der Waals surface area contributed by atoms with Gasteiger partial charge in [-0.1, -0.05) is 18.2 Å². The Balaban J connectivity index is 1.56. The fourth-order valence-corrected chi connectivity index (χ4v) is 2.51. The van der Waals surface area contributed by atoms with Gasteiger partial charge in [-0.05, 0) is 35.4 Å². The van der Waals surface area contributed by atoms with Crippen molar-refractivity contribution in [2.45, 2.75) is 0 Å². The second-order valence-corrected chi connectivity index (χ2v) is 5.24. The van der Waals surface area contributed by atoms with Gasteiger partial charge in [0, 0.05) is 35.9 Å². The maximum atomic E-state index is 12.4. The second-order valence-electron chi connectivity index (χ2n) is 5.24. The number of hydrogen-bond acceptors (Lipinski definition) is 4. The first kappa shape index (κ1) is 14.1. The minimum Gasteiger partial charge on any atom is -0.307 e. The van der Waals surface area contributed by atoms with Crippen molar-refractivity contribution in [2.75, 3.05) is 5.32 Å². The van der Waals surface area contributed by atoms with Crippen LogP contribution in [0.5, 0.6) is 0 Å². The van der Waals surface area contributed by atoms with Crippen LogP contribution in [0, 0.1) is 0 Å². The standard InChI is InChI=1S/C18H13N5O/c24-18(23-9-7-15-11-20-12-21-17(15)23)22-16-5-3-13(4-6-16)14-2-1-8-19-10-14/h1-12H,(H,22,24). The summed E-state index contributed by atoms with van der Waals surface area (Å²) in [7, 11) is 0. The zero-order valence-electron chi connectivity index (χ0n) is 12.6. The van der Waals surface area contributed by atoms with Crippen LogP contribution in [0.2, 0.25) is 0 Å². The van der Waals surface area contributed by atoms with Gasteiger partial charge in [-0.2, -0.15) is 0 Å². The number of carbonyl (C=O) groups is 1. The Morgan fingerprint density at radius 3 is 2.62 bits per heavy atom. The van der Waals surface area contributed by atoms with Crippen LogP contribution in [0.4, 0.5) is 10.5 Å². The molecule has 0 unspecified atom stereocenters. The average molecular weight is 315 g/mol.